The molecule has 1 aliphatic carbocycles. The molecule has 65 heavy (non-hydrogen) atoms. The van der Waals surface area contributed by atoms with E-state index >= 15 is 4.39 Å². The number of carbonyl (C=O) groups excluding carboxylic acids is 3. The number of nitrogens with one attached hydrogen (secondary N) is 2. The predicted molar refractivity (Wildman–Crippen MR) is 230 cm³/mol. The van der Waals surface area contributed by atoms with Crippen molar-refractivity contribution in [3.05, 3.63) is 65.4 Å². The standard InChI is InChI=1S/C45H49F3N12O5/c1-56-41-28(4-2-6-31(41)39(54-56)32-11-12-38(61)53-44(32)62)5-3-20-65-36-14-17-57(25-34(36)46)23-27-7-9-29(10-8-27)60-26-35(40(55-60)42(47)48)51-45(63)33-22-50-59-18-15-37(52-43(33)59)58-19-21-64-30(24-58)13-16-49/h2,4,6,15,18,22,26-27,29-30,32,34,36,42H,7-14,17,19-21,23-25H2,1H3,(H,51,63)(H,53,61,62)/t27?,29?,30-,32?,34-,36+/m1/s1. The third-order valence-electron chi connectivity index (χ3n) is 12.9. The van der Waals surface area contributed by atoms with Crippen molar-refractivity contribution in [2.24, 2.45) is 13.0 Å². The van der Waals surface area contributed by atoms with Crippen molar-refractivity contribution in [2.75, 3.05) is 56.2 Å². The van der Waals surface area contributed by atoms with Crippen LogP contribution < -0.4 is 15.5 Å². The molecule has 0 spiro atoms. The Hall–Kier alpha value is -6.35. The molecule has 1 unspecified atom stereocenters. The number of alkyl halides is 3. The Morgan fingerprint density at radius 3 is 2.72 bits per heavy atom. The molecule has 1 saturated carbocycles. The Balaban J connectivity index is 0.756. The van der Waals surface area contributed by atoms with Gasteiger partial charge in [0.15, 0.2) is 11.3 Å². The van der Waals surface area contributed by atoms with Crippen molar-refractivity contribution in [1.29, 1.82) is 5.26 Å². The average molecular weight is 895 g/mol. The maximum absolute atomic E-state index is 15.5. The first-order valence-electron chi connectivity index (χ1n) is 22.1. The molecular weight excluding hydrogens is 846 g/mol. The van der Waals surface area contributed by atoms with Gasteiger partial charge in [0, 0.05) is 64.0 Å². The molecular formula is C45H49F3N12O5. The first-order chi connectivity index (χ1) is 31.5. The molecule has 4 fully saturated rings. The van der Waals surface area contributed by atoms with Gasteiger partial charge in [-0.2, -0.15) is 20.6 Å². The number of morpholine rings is 1. The summed E-state index contributed by atoms with van der Waals surface area (Å²) in [6.07, 6.45) is 3.97. The summed E-state index contributed by atoms with van der Waals surface area (Å²) in [5, 5.41) is 28.0. The number of ether oxygens (including phenoxy) is 2. The predicted octanol–water partition coefficient (Wildman–Crippen LogP) is 4.85. The molecule has 4 atom stereocenters. The minimum absolute atomic E-state index is 0.0511. The molecule has 3 aliphatic heterocycles. The van der Waals surface area contributed by atoms with Crippen LogP contribution in [0.4, 0.5) is 24.7 Å². The van der Waals surface area contributed by atoms with Crippen molar-refractivity contribution in [1.82, 2.24) is 44.4 Å². The molecule has 2 N–H and O–H groups in total. The number of piperidine rings is 2. The van der Waals surface area contributed by atoms with Crippen molar-refractivity contribution < 1.29 is 37.0 Å². The van der Waals surface area contributed by atoms with Crippen molar-refractivity contribution in [3.8, 4) is 17.9 Å². The van der Waals surface area contributed by atoms with Crippen LogP contribution in [-0.2, 0) is 26.1 Å². The summed E-state index contributed by atoms with van der Waals surface area (Å²) in [6.45, 7) is 3.13. The Morgan fingerprint density at radius 1 is 1.09 bits per heavy atom. The van der Waals surface area contributed by atoms with Gasteiger partial charge in [-0.25, -0.2) is 22.7 Å². The molecule has 1 aromatic carbocycles. The minimum atomic E-state index is -2.92. The lowest BCUT2D eigenvalue weighted by Crippen LogP contribution is -2.47. The third kappa shape index (κ3) is 9.42. The van der Waals surface area contributed by atoms with Crippen LogP contribution in [0.5, 0.6) is 0 Å². The third-order valence-corrected chi connectivity index (χ3v) is 12.9. The zero-order valence-electron chi connectivity index (χ0n) is 35.8. The van der Waals surface area contributed by atoms with Crippen LogP contribution in [0, 0.1) is 29.1 Å². The summed E-state index contributed by atoms with van der Waals surface area (Å²) in [4.78, 5) is 46.6. The van der Waals surface area contributed by atoms with Gasteiger partial charge in [-0.1, -0.05) is 24.0 Å². The number of aryl methyl sites for hydroxylation is 1. The van der Waals surface area contributed by atoms with Gasteiger partial charge in [0.05, 0.1) is 71.9 Å². The fourth-order valence-corrected chi connectivity index (χ4v) is 9.60. The van der Waals surface area contributed by atoms with E-state index in [4.69, 9.17) is 14.7 Å². The van der Waals surface area contributed by atoms with Crippen LogP contribution in [0.15, 0.2) is 42.9 Å². The summed E-state index contributed by atoms with van der Waals surface area (Å²) in [7, 11) is 1.79. The fourth-order valence-electron chi connectivity index (χ4n) is 9.60. The molecule has 340 valence electrons. The van der Waals surface area contributed by atoms with Gasteiger partial charge >= 0.3 is 0 Å². The number of nitrogens with zero attached hydrogens (tertiary/aromatic N) is 10. The van der Waals surface area contributed by atoms with Gasteiger partial charge in [-0.15, -0.1) is 0 Å². The Morgan fingerprint density at radius 2 is 1.94 bits per heavy atom. The summed E-state index contributed by atoms with van der Waals surface area (Å²) in [6, 6.07) is 9.35. The highest BCUT2D eigenvalue weighted by molar-refractivity contribution is 6.08. The van der Waals surface area contributed by atoms with E-state index in [1.165, 1.54) is 21.6 Å². The molecule has 3 amide bonds. The Bertz CT molecular complexity index is 2690. The second-order valence-electron chi connectivity index (χ2n) is 17.2. The molecule has 3 saturated heterocycles. The van der Waals surface area contributed by atoms with Crippen LogP contribution in [-0.4, -0.2) is 121 Å². The van der Waals surface area contributed by atoms with Crippen LogP contribution in [0.2, 0.25) is 0 Å². The number of hydrogen-bond donors (Lipinski definition) is 2. The molecule has 0 radical (unpaired) electrons. The number of carbonyl (C=O) groups is 3. The van der Waals surface area contributed by atoms with E-state index in [1.54, 1.807) is 24.0 Å². The van der Waals surface area contributed by atoms with E-state index in [2.05, 4.69) is 53.7 Å². The number of benzene rings is 1. The van der Waals surface area contributed by atoms with E-state index in [9.17, 15) is 23.2 Å². The number of hydrogen-bond acceptors (Lipinski definition) is 12. The molecule has 4 aliphatic rings. The van der Waals surface area contributed by atoms with E-state index in [0.717, 1.165) is 30.3 Å². The highest BCUT2D eigenvalue weighted by Gasteiger charge is 2.34. The molecule has 4 aromatic heterocycles. The summed E-state index contributed by atoms with van der Waals surface area (Å²) < 4.78 is 60.4. The Kier molecular flexibility index (Phi) is 12.8. The van der Waals surface area contributed by atoms with Gasteiger partial charge < -0.3 is 19.7 Å². The van der Waals surface area contributed by atoms with Crippen molar-refractivity contribution in [2.45, 2.75) is 88.1 Å². The van der Waals surface area contributed by atoms with Crippen molar-refractivity contribution in [3.63, 3.8) is 0 Å². The van der Waals surface area contributed by atoms with Crippen LogP contribution >= 0.6 is 0 Å². The number of amides is 3. The first-order valence-corrected chi connectivity index (χ1v) is 22.1. The van der Waals surface area contributed by atoms with Gasteiger partial charge in [0.25, 0.3) is 12.3 Å². The number of rotatable bonds is 11. The first kappa shape index (κ1) is 43.9. The molecule has 5 aromatic rings. The lowest BCUT2D eigenvalue weighted by Gasteiger charge is -2.38. The molecule has 17 nitrogen and oxygen atoms in total. The average Bonchev–Trinajstić information content (AvgIpc) is 4.02. The van der Waals surface area contributed by atoms with Crippen LogP contribution in [0.3, 0.4) is 0 Å². The zero-order chi connectivity index (χ0) is 45.2. The van der Waals surface area contributed by atoms with E-state index < -0.39 is 36.2 Å². The highest BCUT2D eigenvalue weighted by atomic mass is 19.3. The topological polar surface area (TPSA) is 190 Å². The lowest BCUT2D eigenvalue weighted by molar-refractivity contribution is -0.134. The fraction of sp³-hybridized carbons (Fsp3) is 0.511. The highest BCUT2D eigenvalue weighted by Crippen LogP contribution is 2.36. The normalized spacial score (nSPS) is 24.2. The van der Waals surface area contributed by atoms with E-state index in [-0.39, 0.29) is 66.9 Å². The van der Waals surface area contributed by atoms with Crippen LogP contribution in [0.25, 0.3) is 16.6 Å². The van der Waals surface area contributed by atoms with E-state index in [0.29, 0.717) is 74.9 Å². The number of anilines is 2. The monoisotopic (exact) mass is 894 g/mol. The minimum Gasteiger partial charge on any atom is -0.373 e. The second-order valence-corrected chi connectivity index (χ2v) is 17.2. The number of fused-ring (bicyclic) bond motifs is 2. The van der Waals surface area contributed by atoms with Gasteiger partial charge in [-0.05, 0) is 56.6 Å². The molecule has 0 bridgehead atoms. The van der Waals surface area contributed by atoms with Gasteiger partial charge in [0.1, 0.15) is 24.2 Å². The summed E-state index contributed by atoms with van der Waals surface area (Å²) in [5.74, 6) is 5.26. The zero-order valence-corrected chi connectivity index (χ0v) is 35.8. The molecule has 7 heterocycles. The molecule has 20 heteroatoms. The SMILES string of the molecule is Cn1nc(C2CCC(=O)NC2=O)c2cccc(C#CCO[C@H]3CCN(CC4CCC(n5cc(NC(=O)c6cnn7ccc(N8CCO[C@H](CC#N)C8)nc67)c(C(F)F)n5)CC4)C[C@H]3F)c21. The number of nitriles is 1. The van der Waals surface area contributed by atoms with E-state index in [1.807, 2.05) is 23.1 Å². The molecule has 9 rings (SSSR count). The largest absolute Gasteiger partial charge is 0.373 e. The smallest absolute Gasteiger partial charge is 0.284 e. The Labute approximate surface area is 372 Å². The number of halogens is 3. The maximum Gasteiger partial charge on any atom is 0.284 e. The summed E-state index contributed by atoms with van der Waals surface area (Å²) >= 11 is 0. The van der Waals surface area contributed by atoms with Crippen molar-refractivity contribution >= 4 is 45.8 Å². The summed E-state index contributed by atoms with van der Waals surface area (Å²) in [5.41, 5.74) is 1.87. The number of likely N-dealkylation sites (tertiary alicyclic amines) is 1. The lowest BCUT2D eigenvalue weighted by atomic mass is 9.85. The second kappa shape index (κ2) is 19.0. The van der Waals surface area contributed by atoms with Gasteiger partial charge in [0.2, 0.25) is 11.8 Å². The quantitative estimate of drug-likeness (QED) is 0.136. The number of imide groups is 1. The van der Waals surface area contributed by atoms with Gasteiger partial charge in [-0.3, -0.25) is 34.0 Å². The maximum atomic E-state index is 15.5. The number of aromatic nitrogens is 7. The van der Waals surface area contributed by atoms with Crippen LogP contribution in [0.1, 0.15) is 97.1 Å². The number of para-hydroxylation sites is 1.